The van der Waals surface area contributed by atoms with E-state index in [9.17, 15) is 5.53 Å². The molecule has 0 heterocycles. The van der Waals surface area contributed by atoms with Crippen molar-refractivity contribution in [2.45, 2.75) is 66.2 Å². The number of hydrogen-bond acceptors (Lipinski definition) is 0. The van der Waals surface area contributed by atoms with Gasteiger partial charge >= 0.3 is 5.71 Å². The summed E-state index contributed by atoms with van der Waals surface area (Å²) in [4.78, 5) is 3.71. The molecule has 0 bridgehead atoms. The molecule has 0 unspecified atom stereocenters. The summed E-state index contributed by atoms with van der Waals surface area (Å²) in [6.07, 6.45) is 0. The van der Waals surface area contributed by atoms with E-state index in [4.69, 9.17) is 0 Å². The highest BCUT2D eigenvalue weighted by molar-refractivity contribution is 9.11. The predicted octanol–water partition coefficient (Wildman–Crippen LogP) is 7.49. The minimum absolute atomic E-state index is 0.0281. The predicted molar refractivity (Wildman–Crippen MR) is 122 cm³/mol. The number of aryl methyl sites for hydroxylation is 2. The van der Waals surface area contributed by atoms with Crippen molar-refractivity contribution in [2.75, 3.05) is 0 Å². The number of rotatable bonds is 2. The summed E-state index contributed by atoms with van der Waals surface area (Å²) >= 11 is 7.41. The Morgan fingerprint density at radius 3 is 1.44 bits per heavy atom. The molecule has 0 amide bonds. The third kappa shape index (κ3) is 4.62. The van der Waals surface area contributed by atoms with Gasteiger partial charge in [0.25, 0.3) is 0 Å². The molecule has 4 heteroatoms. The van der Waals surface area contributed by atoms with Gasteiger partial charge in [-0.25, -0.2) is 0 Å². The Hall–Kier alpha value is -1.22. The Bertz CT molecular complexity index is 820. The summed E-state index contributed by atoms with van der Waals surface area (Å²) in [5, 5.41) is 0. The molecule has 2 aromatic carbocycles. The minimum atomic E-state index is 0.0281. The first-order valence-corrected chi connectivity index (χ1v) is 10.7. The topological polar surface area (TPSA) is 36.4 Å². The van der Waals surface area contributed by atoms with Crippen LogP contribution in [0.3, 0.4) is 0 Å². The highest BCUT2D eigenvalue weighted by Gasteiger charge is 2.28. The van der Waals surface area contributed by atoms with Gasteiger partial charge < -0.3 is 5.53 Å². The van der Waals surface area contributed by atoms with Crippen LogP contribution in [0, 0.1) is 13.8 Å². The molecular weight excluding hydrogens is 464 g/mol. The van der Waals surface area contributed by atoms with Crippen LogP contribution in [-0.4, -0.2) is 10.5 Å². The monoisotopic (exact) mass is 490 g/mol. The van der Waals surface area contributed by atoms with Crippen LogP contribution < -0.4 is 0 Å². The maximum Gasteiger partial charge on any atom is 0.332 e. The number of halogens is 2. The van der Waals surface area contributed by atoms with Crippen molar-refractivity contribution in [1.29, 1.82) is 0 Å². The first kappa shape index (κ1) is 22.1. The summed E-state index contributed by atoms with van der Waals surface area (Å²) in [5.41, 5.74) is 17.1. The van der Waals surface area contributed by atoms with E-state index >= 15 is 0 Å². The van der Waals surface area contributed by atoms with Gasteiger partial charge in [0.05, 0.1) is 11.1 Å². The van der Waals surface area contributed by atoms with E-state index in [2.05, 4.69) is 116 Å². The van der Waals surface area contributed by atoms with E-state index in [1.807, 2.05) is 0 Å². The third-order valence-corrected chi connectivity index (χ3v) is 6.13. The molecule has 0 aliphatic rings. The zero-order chi connectivity index (χ0) is 20.7. The molecule has 0 N–H and O–H groups in total. The molecule has 144 valence electrons. The quantitative estimate of drug-likeness (QED) is 0.237. The Morgan fingerprint density at radius 1 is 0.741 bits per heavy atom. The van der Waals surface area contributed by atoms with Crippen molar-refractivity contribution in [3.8, 4) is 0 Å². The summed E-state index contributed by atoms with van der Waals surface area (Å²) in [6, 6.07) is 8.61. The fourth-order valence-corrected chi connectivity index (χ4v) is 4.79. The van der Waals surface area contributed by atoms with Crippen LogP contribution in [0.2, 0.25) is 0 Å². The average Bonchev–Trinajstić information content (AvgIpc) is 2.49. The lowest BCUT2D eigenvalue weighted by Crippen LogP contribution is -2.17. The maximum atomic E-state index is 9.94. The molecule has 0 aliphatic heterocycles. The molecule has 0 saturated heterocycles. The molecule has 0 spiro atoms. The first-order valence-electron chi connectivity index (χ1n) is 9.11. The molecule has 2 rings (SSSR count). The fourth-order valence-electron chi connectivity index (χ4n) is 3.23. The summed E-state index contributed by atoms with van der Waals surface area (Å²) in [6.45, 7) is 17.3. The van der Waals surface area contributed by atoms with Crippen molar-refractivity contribution in [1.82, 2.24) is 0 Å². The van der Waals surface area contributed by atoms with E-state index in [-0.39, 0.29) is 10.8 Å². The van der Waals surface area contributed by atoms with Crippen molar-refractivity contribution >= 4 is 37.6 Å². The van der Waals surface area contributed by atoms with Gasteiger partial charge in [0.1, 0.15) is 0 Å². The first-order chi connectivity index (χ1) is 12.3. The van der Waals surface area contributed by atoms with Gasteiger partial charge in [-0.05, 0) is 90.9 Å². The van der Waals surface area contributed by atoms with Crippen LogP contribution in [0.15, 0.2) is 33.2 Å². The lowest BCUT2D eigenvalue weighted by atomic mass is 9.82. The van der Waals surface area contributed by atoms with Gasteiger partial charge in [-0.3, -0.25) is 0 Å². The summed E-state index contributed by atoms with van der Waals surface area (Å²) < 4.78 is 1.82. The highest BCUT2D eigenvalue weighted by Crippen LogP contribution is 2.36. The third-order valence-electron chi connectivity index (χ3n) is 4.88. The SMILES string of the molecule is Cc1cc(C(C)(C)C)cc(C)c1C(=[N+]=[N-])c1c(Br)cc(C(C)(C)C)cc1Br. The lowest BCUT2D eigenvalue weighted by Gasteiger charge is -2.22. The van der Waals surface area contributed by atoms with Crippen molar-refractivity contribution in [3.63, 3.8) is 0 Å². The van der Waals surface area contributed by atoms with E-state index in [1.54, 1.807) is 0 Å². The van der Waals surface area contributed by atoms with Crippen LogP contribution in [0.1, 0.15) is 74.9 Å². The van der Waals surface area contributed by atoms with Crippen LogP contribution in [0.5, 0.6) is 0 Å². The molecule has 2 nitrogen and oxygen atoms in total. The normalized spacial score (nSPS) is 12.1. The Labute approximate surface area is 180 Å². The molecule has 27 heavy (non-hydrogen) atoms. The van der Waals surface area contributed by atoms with Gasteiger partial charge in [0.15, 0.2) is 0 Å². The summed E-state index contributed by atoms with van der Waals surface area (Å²) in [5.74, 6) is 0. The zero-order valence-corrected chi connectivity index (χ0v) is 20.6. The van der Waals surface area contributed by atoms with Gasteiger partial charge in [-0.15, -0.1) is 0 Å². The number of benzene rings is 2. The molecule has 0 saturated carbocycles. The largest absolute Gasteiger partial charge is 0.361 e. The smallest absolute Gasteiger partial charge is 0.332 e. The molecule has 0 fully saturated rings. The molecule has 0 aromatic heterocycles. The van der Waals surface area contributed by atoms with Gasteiger partial charge in [0.2, 0.25) is 0 Å². The lowest BCUT2D eigenvalue weighted by molar-refractivity contribution is -0.00298. The van der Waals surface area contributed by atoms with E-state index < -0.39 is 0 Å². The van der Waals surface area contributed by atoms with Crippen LogP contribution in [0.4, 0.5) is 0 Å². The standard InChI is InChI=1S/C23H28Br2N2/c1-13-9-15(22(3,4)5)10-14(2)19(13)21(27-26)20-17(24)11-16(12-18(20)25)23(6,7)8/h9-12H,1-8H3. The zero-order valence-electron chi connectivity index (χ0n) is 17.5. The molecule has 0 atom stereocenters. The van der Waals surface area contributed by atoms with E-state index in [0.717, 1.165) is 31.2 Å². The second kappa shape index (κ2) is 7.66. The van der Waals surface area contributed by atoms with Crippen LogP contribution >= 0.6 is 31.9 Å². The number of nitrogens with zero attached hydrogens (tertiary/aromatic N) is 2. The van der Waals surface area contributed by atoms with Crippen molar-refractivity contribution < 1.29 is 4.79 Å². The Balaban J connectivity index is 2.72. The second-order valence-electron chi connectivity index (χ2n) is 9.25. The van der Waals surface area contributed by atoms with Crippen LogP contribution in [0.25, 0.3) is 5.53 Å². The van der Waals surface area contributed by atoms with E-state index in [1.165, 1.54) is 11.1 Å². The molecule has 2 aromatic rings. The molecular formula is C23H28Br2N2. The minimum Gasteiger partial charge on any atom is -0.361 e. The molecule has 0 aliphatic carbocycles. The number of hydrogen-bond donors (Lipinski definition) is 0. The Kier molecular flexibility index (Phi) is 6.26. The van der Waals surface area contributed by atoms with Crippen molar-refractivity contribution in [3.05, 3.63) is 72.1 Å². The maximum absolute atomic E-state index is 9.94. The molecule has 0 radical (unpaired) electrons. The van der Waals surface area contributed by atoms with E-state index in [0.29, 0.717) is 5.71 Å². The van der Waals surface area contributed by atoms with Crippen LogP contribution in [-0.2, 0) is 10.8 Å². The van der Waals surface area contributed by atoms with Gasteiger partial charge in [-0.2, -0.15) is 4.79 Å². The summed E-state index contributed by atoms with van der Waals surface area (Å²) in [7, 11) is 0. The Morgan fingerprint density at radius 2 is 1.11 bits per heavy atom. The van der Waals surface area contributed by atoms with Gasteiger partial charge in [0, 0.05) is 8.95 Å². The average molecular weight is 492 g/mol. The van der Waals surface area contributed by atoms with Gasteiger partial charge in [-0.1, -0.05) is 53.7 Å². The second-order valence-corrected chi connectivity index (χ2v) is 11.0. The highest BCUT2D eigenvalue weighted by atomic mass is 79.9. The van der Waals surface area contributed by atoms with Crippen molar-refractivity contribution in [2.24, 2.45) is 0 Å². The fraction of sp³-hybridized carbons (Fsp3) is 0.435.